The van der Waals surface area contributed by atoms with Crippen LogP contribution in [-0.4, -0.2) is 31.5 Å². The third kappa shape index (κ3) is 7.29. The molecule has 2 rings (SSSR count). The minimum Gasteiger partial charge on any atom is -0.495 e. The van der Waals surface area contributed by atoms with Crippen molar-refractivity contribution in [2.24, 2.45) is 0 Å². The molecule has 2 amide bonds. The fourth-order valence-electron chi connectivity index (χ4n) is 2.63. The van der Waals surface area contributed by atoms with Gasteiger partial charge in [-0.1, -0.05) is 24.3 Å². The second kappa shape index (κ2) is 10.8. The molecule has 0 heterocycles. The number of ether oxygens (including phenoxy) is 2. The van der Waals surface area contributed by atoms with Crippen LogP contribution in [0, 0.1) is 13.8 Å². The number of nitrogens with one attached hydrogen (secondary N) is 2. The van der Waals surface area contributed by atoms with E-state index in [-0.39, 0.29) is 18.7 Å². The number of amides is 2. The molecular formula is C22H26N2O5. The Kier molecular flexibility index (Phi) is 8.21. The molecule has 29 heavy (non-hydrogen) atoms. The second-order valence-electron chi connectivity index (χ2n) is 6.63. The molecule has 0 saturated heterocycles. The molecule has 0 aliphatic rings. The van der Waals surface area contributed by atoms with Gasteiger partial charge in [-0.3, -0.25) is 14.4 Å². The molecule has 0 atom stereocenters. The molecule has 7 heteroatoms. The maximum atomic E-state index is 12.0. The number of esters is 1. The van der Waals surface area contributed by atoms with E-state index in [9.17, 15) is 14.4 Å². The van der Waals surface area contributed by atoms with E-state index in [1.165, 1.54) is 7.11 Å². The zero-order chi connectivity index (χ0) is 21.2. The summed E-state index contributed by atoms with van der Waals surface area (Å²) in [5.74, 6) is -0.641. The van der Waals surface area contributed by atoms with Crippen LogP contribution < -0.4 is 15.4 Å². The van der Waals surface area contributed by atoms with E-state index < -0.39 is 18.5 Å². The van der Waals surface area contributed by atoms with Gasteiger partial charge in [0.05, 0.1) is 12.8 Å². The van der Waals surface area contributed by atoms with Crippen LogP contribution in [-0.2, 0) is 19.1 Å². The quantitative estimate of drug-likeness (QED) is 0.630. The first-order valence-corrected chi connectivity index (χ1v) is 9.34. The van der Waals surface area contributed by atoms with Crippen LogP contribution in [0.3, 0.4) is 0 Å². The van der Waals surface area contributed by atoms with Gasteiger partial charge in [0.1, 0.15) is 5.75 Å². The number of anilines is 2. The molecule has 2 aromatic carbocycles. The first-order chi connectivity index (χ1) is 13.9. The van der Waals surface area contributed by atoms with Gasteiger partial charge in [0.2, 0.25) is 5.91 Å². The summed E-state index contributed by atoms with van der Waals surface area (Å²) in [5, 5.41) is 5.47. The Bertz CT molecular complexity index is 879. The van der Waals surface area contributed by atoms with E-state index in [1.807, 2.05) is 32.0 Å². The summed E-state index contributed by atoms with van der Waals surface area (Å²) in [4.78, 5) is 35.8. The standard InChI is InChI=1S/C22H26N2O5/c1-15-11-12-16(2)18(13-15)24-20(25)9-6-10-22(27)29-14-21(26)23-17-7-4-5-8-19(17)28-3/h4-5,7-8,11-13H,6,9-10,14H2,1-3H3,(H,23,26)(H,24,25). The van der Waals surface area contributed by atoms with E-state index in [1.54, 1.807) is 24.3 Å². The van der Waals surface area contributed by atoms with Crippen LogP contribution in [0.25, 0.3) is 0 Å². The molecule has 0 aromatic heterocycles. The van der Waals surface area contributed by atoms with Gasteiger partial charge in [-0.25, -0.2) is 0 Å². The third-order valence-electron chi connectivity index (χ3n) is 4.20. The second-order valence-corrected chi connectivity index (χ2v) is 6.63. The average Bonchev–Trinajstić information content (AvgIpc) is 2.69. The van der Waals surface area contributed by atoms with Crippen LogP contribution >= 0.6 is 0 Å². The fraction of sp³-hybridized carbons (Fsp3) is 0.318. The number of aryl methyl sites for hydroxylation is 2. The van der Waals surface area contributed by atoms with Gasteiger partial charge in [-0.2, -0.15) is 0 Å². The molecule has 2 aromatic rings. The summed E-state index contributed by atoms with van der Waals surface area (Å²) in [6.07, 6.45) is 0.585. The third-order valence-corrected chi connectivity index (χ3v) is 4.20. The maximum Gasteiger partial charge on any atom is 0.306 e. The number of benzene rings is 2. The van der Waals surface area contributed by atoms with Crippen molar-refractivity contribution in [3.05, 3.63) is 53.6 Å². The summed E-state index contributed by atoms with van der Waals surface area (Å²) in [5.41, 5.74) is 3.30. The van der Waals surface area contributed by atoms with E-state index in [0.717, 1.165) is 16.8 Å². The SMILES string of the molecule is COc1ccccc1NC(=O)COC(=O)CCCC(=O)Nc1cc(C)ccc1C. The zero-order valence-corrected chi connectivity index (χ0v) is 16.9. The van der Waals surface area contributed by atoms with Gasteiger partial charge in [-0.15, -0.1) is 0 Å². The smallest absolute Gasteiger partial charge is 0.306 e. The molecule has 0 radical (unpaired) electrons. The van der Waals surface area contributed by atoms with Gasteiger partial charge >= 0.3 is 5.97 Å². The van der Waals surface area contributed by atoms with E-state index in [4.69, 9.17) is 9.47 Å². The van der Waals surface area contributed by atoms with Crippen LogP contribution in [0.1, 0.15) is 30.4 Å². The Morgan fingerprint density at radius 3 is 2.38 bits per heavy atom. The molecular weight excluding hydrogens is 372 g/mol. The zero-order valence-electron chi connectivity index (χ0n) is 16.9. The van der Waals surface area contributed by atoms with Gasteiger partial charge < -0.3 is 20.1 Å². The summed E-state index contributed by atoms with van der Waals surface area (Å²) in [7, 11) is 1.50. The highest BCUT2D eigenvalue weighted by Crippen LogP contribution is 2.22. The summed E-state index contributed by atoms with van der Waals surface area (Å²) in [6.45, 7) is 3.48. The number of para-hydroxylation sites is 2. The summed E-state index contributed by atoms with van der Waals surface area (Å²) >= 11 is 0. The lowest BCUT2D eigenvalue weighted by molar-refractivity contribution is -0.147. The minimum absolute atomic E-state index is 0.0577. The first-order valence-electron chi connectivity index (χ1n) is 9.34. The first kappa shape index (κ1) is 21.9. The highest BCUT2D eigenvalue weighted by Gasteiger charge is 2.11. The summed E-state index contributed by atoms with van der Waals surface area (Å²) in [6, 6.07) is 12.8. The minimum atomic E-state index is -0.528. The number of carbonyl (C=O) groups excluding carboxylic acids is 3. The van der Waals surface area contributed by atoms with Crippen molar-refractivity contribution in [2.75, 3.05) is 24.4 Å². The number of rotatable bonds is 9. The van der Waals surface area contributed by atoms with Crippen molar-refractivity contribution in [1.82, 2.24) is 0 Å². The van der Waals surface area contributed by atoms with Crippen LogP contribution in [0.15, 0.2) is 42.5 Å². The Hall–Kier alpha value is -3.35. The van der Waals surface area contributed by atoms with Gasteiger partial charge in [0.25, 0.3) is 5.91 Å². The molecule has 0 bridgehead atoms. The Morgan fingerprint density at radius 1 is 0.897 bits per heavy atom. The number of hydrogen-bond acceptors (Lipinski definition) is 5. The van der Waals surface area contributed by atoms with Gasteiger partial charge in [0.15, 0.2) is 6.61 Å². The fourth-order valence-corrected chi connectivity index (χ4v) is 2.63. The average molecular weight is 398 g/mol. The number of methoxy groups -OCH3 is 1. The van der Waals surface area contributed by atoms with Gasteiger partial charge in [0, 0.05) is 18.5 Å². The predicted molar refractivity (Wildman–Crippen MR) is 111 cm³/mol. The van der Waals surface area contributed by atoms with E-state index >= 15 is 0 Å². The largest absolute Gasteiger partial charge is 0.495 e. The predicted octanol–water partition coefficient (Wildman–Crippen LogP) is 3.60. The molecule has 0 unspecified atom stereocenters. The molecule has 0 aliphatic heterocycles. The van der Waals surface area contributed by atoms with Crippen LogP contribution in [0.4, 0.5) is 11.4 Å². The van der Waals surface area contributed by atoms with Crippen molar-refractivity contribution in [3.8, 4) is 5.75 Å². The monoisotopic (exact) mass is 398 g/mol. The highest BCUT2D eigenvalue weighted by atomic mass is 16.5. The molecule has 7 nitrogen and oxygen atoms in total. The van der Waals surface area contributed by atoms with Crippen LogP contribution in [0.5, 0.6) is 5.75 Å². The van der Waals surface area contributed by atoms with Crippen molar-refractivity contribution >= 4 is 29.2 Å². The van der Waals surface area contributed by atoms with E-state index in [0.29, 0.717) is 17.9 Å². The molecule has 0 saturated carbocycles. The maximum absolute atomic E-state index is 12.0. The van der Waals surface area contributed by atoms with E-state index in [2.05, 4.69) is 10.6 Å². The van der Waals surface area contributed by atoms with Crippen LogP contribution in [0.2, 0.25) is 0 Å². The van der Waals surface area contributed by atoms with Crippen molar-refractivity contribution in [2.45, 2.75) is 33.1 Å². The number of carbonyl (C=O) groups is 3. The molecule has 0 spiro atoms. The molecule has 0 aliphatic carbocycles. The van der Waals surface area contributed by atoms with Crippen molar-refractivity contribution in [3.63, 3.8) is 0 Å². The van der Waals surface area contributed by atoms with Gasteiger partial charge in [-0.05, 0) is 49.6 Å². The molecule has 0 fully saturated rings. The lowest BCUT2D eigenvalue weighted by Crippen LogP contribution is -2.21. The lowest BCUT2D eigenvalue weighted by atomic mass is 10.1. The number of hydrogen-bond donors (Lipinski definition) is 2. The molecule has 154 valence electrons. The summed E-state index contributed by atoms with van der Waals surface area (Å²) < 4.78 is 10.1. The molecule has 2 N–H and O–H groups in total. The Balaban J connectivity index is 1.68. The lowest BCUT2D eigenvalue weighted by Gasteiger charge is -2.10. The Labute approximate surface area is 170 Å². The highest BCUT2D eigenvalue weighted by molar-refractivity contribution is 5.94. The Morgan fingerprint density at radius 2 is 1.62 bits per heavy atom. The topological polar surface area (TPSA) is 93.7 Å². The normalized spacial score (nSPS) is 10.2. The van der Waals surface area contributed by atoms with Crippen molar-refractivity contribution in [1.29, 1.82) is 0 Å². The van der Waals surface area contributed by atoms with Crippen molar-refractivity contribution < 1.29 is 23.9 Å².